The van der Waals surface area contributed by atoms with Crippen LogP contribution in [-0.2, 0) is 11.2 Å². The number of halogens is 4. The van der Waals surface area contributed by atoms with E-state index in [1.807, 2.05) is 32.0 Å². The van der Waals surface area contributed by atoms with Gasteiger partial charge in [0.2, 0.25) is 0 Å². The third kappa shape index (κ3) is 4.05. The Morgan fingerprint density at radius 2 is 1.84 bits per heavy atom. The van der Waals surface area contributed by atoms with E-state index in [2.05, 4.69) is 10.3 Å². The predicted octanol–water partition coefficient (Wildman–Crippen LogP) is 4.29. The maximum atomic E-state index is 15.0. The fourth-order valence-corrected chi connectivity index (χ4v) is 3.66. The van der Waals surface area contributed by atoms with Gasteiger partial charge in [0.05, 0.1) is 11.1 Å². The lowest BCUT2D eigenvalue weighted by molar-refractivity contribution is -0.192. The first-order valence-electron chi connectivity index (χ1n) is 9.20. The first kappa shape index (κ1) is 22.1. The quantitative estimate of drug-likeness (QED) is 0.449. The topological polar surface area (TPSA) is 108 Å². The number of anilines is 1. The predicted molar refractivity (Wildman–Crippen MR) is 108 cm³/mol. The molecule has 0 saturated carbocycles. The number of hydrogen-bond donors (Lipinski definition) is 4. The van der Waals surface area contributed by atoms with E-state index < -0.39 is 23.9 Å². The maximum absolute atomic E-state index is 15.0. The van der Waals surface area contributed by atoms with Crippen LogP contribution < -0.4 is 11.1 Å². The number of carboxylic acid groups (broad SMARTS) is 1. The van der Waals surface area contributed by atoms with Crippen LogP contribution in [-0.4, -0.2) is 34.7 Å². The zero-order chi connectivity index (χ0) is 23.1. The van der Waals surface area contributed by atoms with Crippen molar-refractivity contribution in [1.82, 2.24) is 4.98 Å². The molecule has 1 aliphatic rings. The Morgan fingerprint density at radius 1 is 1.19 bits per heavy atom. The van der Waals surface area contributed by atoms with Gasteiger partial charge in [-0.15, -0.1) is 0 Å². The molecule has 2 heterocycles. The summed E-state index contributed by atoms with van der Waals surface area (Å²) in [5, 5.41) is 11.2. The van der Waals surface area contributed by atoms with Gasteiger partial charge in [-0.2, -0.15) is 13.2 Å². The number of carboxylic acids is 1. The Labute approximate surface area is 174 Å². The number of amides is 1. The number of aromatic nitrogens is 1. The van der Waals surface area contributed by atoms with Crippen LogP contribution in [0.3, 0.4) is 0 Å². The number of H-pyrrole nitrogens is 1. The minimum Gasteiger partial charge on any atom is -0.475 e. The summed E-state index contributed by atoms with van der Waals surface area (Å²) in [6.07, 6.45) is -4.23. The Bertz CT molecular complexity index is 1200. The van der Waals surface area contributed by atoms with E-state index in [4.69, 9.17) is 15.6 Å². The first-order valence-corrected chi connectivity index (χ1v) is 9.20. The summed E-state index contributed by atoms with van der Waals surface area (Å²) in [6, 6.07) is 7.12. The standard InChI is InChI=1S/C19H18FN3O.C2HF3O2/c1-9-10(2)23-18-13(19(21)24)8-14(20)17(16(9)18)12-4-3-5-15-11(12)6-7-22-15;3-2(4,5)1(6)7/h3-5,8,22-23H,6-7H2,1-2H3,(H2,21,24);(H,6,7). The number of carbonyl (C=O) groups is 2. The number of carbonyl (C=O) groups excluding carboxylic acids is 1. The summed E-state index contributed by atoms with van der Waals surface area (Å²) in [4.78, 5) is 23.8. The highest BCUT2D eigenvalue weighted by atomic mass is 19.4. The van der Waals surface area contributed by atoms with E-state index in [0.29, 0.717) is 11.1 Å². The maximum Gasteiger partial charge on any atom is 0.490 e. The van der Waals surface area contributed by atoms with Crippen molar-refractivity contribution in [2.24, 2.45) is 5.73 Å². The molecule has 0 radical (unpaired) electrons. The lowest BCUT2D eigenvalue weighted by Gasteiger charge is -2.13. The molecular weight excluding hydrogens is 418 g/mol. The summed E-state index contributed by atoms with van der Waals surface area (Å²) in [5.74, 6) is -3.81. The molecule has 164 valence electrons. The number of hydrogen-bond acceptors (Lipinski definition) is 3. The van der Waals surface area contributed by atoms with Crippen LogP contribution in [0, 0.1) is 19.7 Å². The van der Waals surface area contributed by atoms with E-state index in [9.17, 15) is 18.0 Å². The van der Waals surface area contributed by atoms with E-state index in [0.717, 1.165) is 46.4 Å². The molecule has 0 fully saturated rings. The molecule has 0 bridgehead atoms. The Kier molecular flexibility index (Phi) is 5.66. The molecule has 0 aliphatic carbocycles. The molecule has 1 aliphatic heterocycles. The van der Waals surface area contributed by atoms with Gasteiger partial charge in [0.25, 0.3) is 5.91 Å². The van der Waals surface area contributed by atoms with Crippen LogP contribution in [0.1, 0.15) is 27.2 Å². The summed E-state index contributed by atoms with van der Waals surface area (Å²) < 4.78 is 46.8. The smallest absolute Gasteiger partial charge is 0.475 e. The average molecular weight is 437 g/mol. The van der Waals surface area contributed by atoms with Crippen molar-refractivity contribution in [3.8, 4) is 11.1 Å². The van der Waals surface area contributed by atoms with Crippen LogP contribution >= 0.6 is 0 Å². The lowest BCUT2D eigenvalue weighted by atomic mass is 9.91. The number of aliphatic carboxylic acids is 1. The van der Waals surface area contributed by atoms with Crippen molar-refractivity contribution in [3.05, 3.63) is 52.5 Å². The highest BCUT2D eigenvalue weighted by Gasteiger charge is 2.38. The van der Waals surface area contributed by atoms with Gasteiger partial charge in [-0.25, -0.2) is 9.18 Å². The van der Waals surface area contributed by atoms with Crippen molar-refractivity contribution in [2.45, 2.75) is 26.4 Å². The van der Waals surface area contributed by atoms with Crippen molar-refractivity contribution in [2.75, 3.05) is 11.9 Å². The second-order valence-corrected chi connectivity index (χ2v) is 7.08. The Morgan fingerprint density at radius 3 is 2.42 bits per heavy atom. The second-order valence-electron chi connectivity index (χ2n) is 7.08. The SMILES string of the molecule is Cc1[nH]c2c(C(N)=O)cc(F)c(-c3cccc4c3CCN4)c2c1C.O=C(O)C(F)(F)F. The molecule has 2 aromatic carbocycles. The van der Waals surface area contributed by atoms with Gasteiger partial charge in [0.1, 0.15) is 5.82 Å². The monoisotopic (exact) mass is 437 g/mol. The number of rotatable bonds is 2. The molecule has 0 atom stereocenters. The summed E-state index contributed by atoms with van der Waals surface area (Å²) in [6.45, 7) is 4.70. The van der Waals surface area contributed by atoms with Crippen LogP contribution in [0.25, 0.3) is 22.0 Å². The number of aryl methyl sites for hydroxylation is 2. The van der Waals surface area contributed by atoms with Crippen molar-refractivity contribution >= 4 is 28.5 Å². The minimum atomic E-state index is -5.08. The highest BCUT2D eigenvalue weighted by Crippen LogP contribution is 2.41. The number of aromatic amines is 1. The van der Waals surface area contributed by atoms with Crippen LogP contribution in [0.5, 0.6) is 0 Å². The average Bonchev–Trinajstić information content (AvgIpc) is 3.26. The Hall–Kier alpha value is -3.56. The minimum absolute atomic E-state index is 0.188. The fourth-order valence-electron chi connectivity index (χ4n) is 3.66. The zero-order valence-electron chi connectivity index (χ0n) is 16.6. The van der Waals surface area contributed by atoms with Gasteiger partial charge in [0.15, 0.2) is 0 Å². The molecule has 1 aromatic heterocycles. The molecule has 0 saturated heterocycles. The molecule has 5 N–H and O–H groups in total. The summed E-state index contributed by atoms with van der Waals surface area (Å²) in [7, 11) is 0. The van der Waals surface area contributed by atoms with Gasteiger partial charge in [0, 0.05) is 28.9 Å². The van der Waals surface area contributed by atoms with Crippen molar-refractivity contribution in [3.63, 3.8) is 0 Å². The van der Waals surface area contributed by atoms with Gasteiger partial charge in [-0.05, 0) is 49.1 Å². The third-order valence-corrected chi connectivity index (χ3v) is 5.17. The van der Waals surface area contributed by atoms with E-state index in [-0.39, 0.29) is 5.56 Å². The van der Waals surface area contributed by atoms with Gasteiger partial charge in [-0.1, -0.05) is 12.1 Å². The van der Waals surface area contributed by atoms with Gasteiger partial charge in [-0.3, -0.25) is 4.79 Å². The molecular formula is C21H19F4N3O3. The van der Waals surface area contributed by atoms with Gasteiger partial charge < -0.3 is 21.1 Å². The van der Waals surface area contributed by atoms with E-state index >= 15 is 4.39 Å². The second kappa shape index (κ2) is 7.93. The highest BCUT2D eigenvalue weighted by molar-refractivity contribution is 6.11. The number of primary amides is 1. The van der Waals surface area contributed by atoms with Crippen molar-refractivity contribution in [1.29, 1.82) is 0 Å². The summed E-state index contributed by atoms with van der Waals surface area (Å²) >= 11 is 0. The number of alkyl halides is 3. The molecule has 10 heteroatoms. The van der Waals surface area contributed by atoms with Crippen molar-refractivity contribution < 1.29 is 32.3 Å². The molecule has 4 rings (SSSR count). The number of nitrogens with two attached hydrogens (primary N) is 1. The third-order valence-electron chi connectivity index (χ3n) is 5.17. The molecule has 3 aromatic rings. The summed E-state index contributed by atoms with van der Waals surface area (Å²) in [5.41, 5.74) is 11.7. The number of fused-ring (bicyclic) bond motifs is 2. The van der Waals surface area contributed by atoms with E-state index in [1.165, 1.54) is 6.07 Å². The van der Waals surface area contributed by atoms with Gasteiger partial charge >= 0.3 is 12.1 Å². The lowest BCUT2D eigenvalue weighted by Crippen LogP contribution is -2.21. The molecule has 0 unspecified atom stereocenters. The Balaban J connectivity index is 0.000000339. The first-order chi connectivity index (χ1) is 14.4. The molecule has 31 heavy (non-hydrogen) atoms. The fraction of sp³-hybridized carbons (Fsp3) is 0.238. The van der Waals surface area contributed by atoms with E-state index in [1.54, 1.807) is 0 Å². The molecule has 0 spiro atoms. The number of benzene rings is 2. The molecule has 1 amide bonds. The largest absolute Gasteiger partial charge is 0.490 e. The van der Waals surface area contributed by atoms with Crippen LogP contribution in [0.2, 0.25) is 0 Å². The number of nitrogens with one attached hydrogen (secondary N) is 2. The zero-order valence-corrected chi connectivity index (χ0v) is 16.6. The van der Waals surface area contributed by atoms with Crippen LogP contribution in [0.15, 0.2) is 24.3 Å². The van der Waals surface area contributed by atoms with Crippen LogP contribution in [0.4, 0.5) is 23.2 Å². The molecule has 6 nitrogen and oxygen atoms in total. The normalized spacial score (nSPS) is 12.7.